The molecule has 3 aliphatic rings. The lowest BCUT2D eigenvalue weighted by Crippen LogP contribution is -2.52. The van der Waals surface area contributed by atoms with E-state index in [0.717, 1.165) is 41.2 Å². The SMILES string of the molecule is CC1(F)C[C@H](C#N)N(C(=O)CNC(=O)c2ccnc3ccc(OCCCC4CCN(C(=O)CCCCCNC(=O)C(CCCNC(=O)CCCc5ccc(I)cc5)NC(=O)CN5CCN(COC=O)CCN(COC=O)CCN(CC(=O)O)CC5)CC4)cc23)C1. The lowest BCUT2D eigenvalue weighted by atomic mass is 9.92. The third-order valence-corrected chi connectivity index (χ3v) is 17.1. The van der Waals surface area contributed by atoms with Crippen molar-refractivity contribution in [1.29, 1.82) is 5.26 Å². The zero-order valence-corrected chi connectivity index (χ0v) is 53.8. The van der Waals surface area contributed by atoms with Gasteiger partial charge in [0.1, 0.15) is 37.0 Å². The Morgan fingerprint density at radius 1 is 0.767 bits per heavy atom. The number of benzene rings is 2. The molecule has 0 spiro atoms. The first kappa shape index (κ1) is 71.9. The van der Waals surface area contributed by atoms with Gasteiger partial charge in [0, 0.05) is 113 Å². The number of piperidine rings is 1. The van der Waals surface area contributed by atoms with Gasteiger partial charge in [-0.1, -0.05) is 18.6 Å². The second-order valence-electron chi connectivity index (χ2n) is 23.5. The predicted octanol–water partition coefficient (Wildman–Crippen LogP) is 3.47. The molecule has 3 aliphatic heterocycles. The number of nitrogens with one attached hydrogen (secondary N) is 4. The predicted molar refractivity (Wildman–Crippen MR) is 339 cm³/mol. The van der Waals surface area contributed by atoms with Gasteiger partial charge in [0.15, 0.2) is 0 Å². The fraction of sp³-hybridized carbons (Fsp3) is 0.603. The molecule has 25 nitrogen and oxygen atoms in total. The molecule has 2 aromatic carbocycles. The molecule has 6 rings (SSSR count). The molecule has 0 bridgehead atoms. The van der Waals surface area contributed by atoms with Gasteiger partial charge in [0.05, 0.1) is 49.9 Å². The number of carbonyl (C=O) groups is 9. The molecule has 492 valence electrons. The molecule has 0 aliphatic carbocycles. The molecule has 0 saturated carbocycles. The summed E-state index contributed by atoms with van der Waals surface area (Å²) in [4.78, 5) is 129. The Kier molecular flexibility index (Phi) is 30.8. The average Bonchev–Trinajstić information content (AvgIpc) is 1.95. The topological polar surface area (TPSA) is 306 Å². The molecule has 2 unspecified atom stereocenters. The monoisotopic (exact) mass is 1370 g/mol. The Morgan fingerprint density at radius 3 is 2.08 bits per heavy atom. The average molecular weight is 1370 g/mol. The summed E-state index contributed by atoms with van der Waals surface area (Å²) in [5.41, 5.74) is 0.337. The van der Waals surface area contributed by atoms with Crippen LogP contribution in [-0.2, 0) is 54.3 Å². The third-order valence-electron chi connectivity index (χ3n) is 16.4. The molecule has 3 aromatic rings. The number of unbranched alkanes of at least 4 members (excludes halogenated alkanes) is 2. The van der Waals surface area contributed by atoms with Crippen LogP contribution in [0.1, 0.15) is 106 Å². The molecular weight excluding hydrogens is 1280 g/mol. The van der Waals surface area contributed by atoms with Crippen LogP contribution in [0.4, 0.5) is 4.39 Å². The Morgan fingerprint density at radius 2 is 1.42 bits per heavy atom. The van der Waals surface area contributed by atoms with Crippen molar-refractivity contribution in [3.05, 3.63) is 69.4 Å². The molecule has 4 heterocycles. The van der Waals surface area contributed by atoms with E-state index in [1.807, 2.05) is 37.8 Å². The van der Waals surface area contributed by atoms with Gasteiger partial charge in [-0.15, -0.1) is 0 Å². The minimum atomic E-state index is -1.67. The molecule has 3 fully saturated rings. The van der Waals surface area contributed by atoms with Gasteiger partial charge in [-0.2, -0.15) is 5.26 Å². The molecule has 3 saturated heterocycles. The van der Waals surface area contributed by atoms with Crippen molar-refractivity contribution in [2.75, 3.05) is 125 Å². The standard InChI is InChI=1S/C63H88FIN12O13/c1-63(64)37-50(38-66)77(42-63)59(83)39-70-61(86)52-19-24-67-54-18-17-51(36-53(52)54)90-35-7-9-48-20-25-76(26-21-48)58(82)12-3-2-4-22-69-62(87)55(10-6-23-68-56(80)11-5-8-47-13-15-49(65)16-14-47)71-57(81)40-72-27-28-73(41-60(84)85)30-32-75(44-89-46-79)34-33-74(31-29-72)43-88-45-78/h13-19,24,36,45-46,48,50,55H,2-12,20-23,25-35,37,39-44H2,1H3,(H,68,80)(H,69,87)(H,70,86)(H,71,81)(H,84,85)/t50-,55?,63?/m1/s1. The maximum Gasteiger partial charge on any atom is 0.317 e. The number of amides is 6. The Hall–Kier alpha value is -7.13. The Balaban J connectivity index is 0.920. The number of aromatic nitrogens is 1. The van der Waals surface area contributed by atoms with Crippen LogP contribution >= 0.6 is 22.6 Å². The van der Waals surface area contributed by atoms with E-state index in [-0.39, 0.29) is 70.2 Å². The first-order valence-corrected chi connectivity index (χ1v) is 32.3. The summed E-state index contributed by atoms with van der Waals surface area (Å²) in [5.74, 6) is -1.89. The van der Waals surface area contributed by atoms with Gasteiger partial charge in [-0.3, -0.25) is 67.7 Å². The van der Waals surface area contributed by atoms with E-state index in [4.69, 9.17) is 14.2 Å². The van der Waals surface area contributed by atoms with Crippen molar-refractivity contribution < 1.29 is 66.9 Å². The summed E-state index contributed by atoms with van der Waals surface area (Å²) in [6.07, 6.45) is 9.64. The highest BCUT2D eigenvalue weighted by atomic mass is 127. The Labute approximate surface area is 539 Å². The van der Waals surface area contributed by atoms with Crippen molar-refractivity contribution in [1.82, 2.24) is 55.7 Å². The number of carboxylic acids is 1. The quantitative estimate of drug-likeness (QED) is 0.0325. The lowest BCUT2D eigenvalue weighted by molar-refractivity contribution is -0.139. The number of fused-ring (bicyclic) bond motifs is 1. The van der Waals surface area contributed by atoms with Crippen LogP contribution in [0, 0.1) is 20.8 Å². The second-order valence-corrected chi connectivity index (χ2v) is 24.7. The van der Waals surface area contributed by atoms with E-state index in [9.17, 15) is 57.9 Å². The number of alkyl halides is 1. The second kappa shape index (κ2) is 38.5. The van der Waals surface area contributed by atoms with Gasteiger partial charge >= 0.3 is 5.97 Å². The number of ether oxygens (including phenoxy) is 3. The van der Waals surface area contributed by atoms with E-state index in [0.29, 0.717) is 171 Å². The molecular formula is C63H88FIN12O13. The summed E-state index contributed by atoms with van der Waals surface area (Å²) < 4.78 is 31.9. The van der Waals surface area contributed by atoms with Crippen LogP contribution in [0.5, 0.6) is 5.75 Å². The van der Waals surface area contributed by atoms with Gasteiger partial charge < -0.3 is 50.4 Å². The maximum absolute atomic E-state index is 14.6. The van der Waals surface area contributed by atoms with Crippen LogP contribution in [0.25, 0.3) is 10.9 Å². The highest BCUT2D eigenvalue weighted by Gasteiger charge is 2.43. The van der Waals surface area contributed by atoms with Crippen LogP contribution < -0.4 is 26.0 Å². The minimum absolute atomic E-state index is 0.00249. The van der Waals surface area contributed by atoms with E-state index in [2.05, 4.69) is 61.0 Å². The maximum atomic E-state index is 14.6. The number of carboxylic acid groups (broad SMARTS) is 1. The van der Waals surface area contributed by atoms with Crippen molar-refractivity contribution in [3.63, 3.8) is 0 Å². The molecule has 0 radical (unpaired) electrons. The van der Waals surface area contributed by atoms with E-state index in [1.54, 1.807) is 29.2 Å². The van der Waals surface area contributed by atoms with Crippen LogP contribution in [-0.4, -0.2) is 236 Å². The molecule has 27 heteroatoms. The van der Waals surface area contributed by atoms with Crippen molar-refractivity contribution in [2.45, 2.75) is 115 Å². The normalized spacial score (nSPS) is 18.7. The minimum Gasteiger partial charge on any atom is -0.494 e. The van der Waals surface area contributed by atoms with E-state index >= 15 is 0 Å². The van der Waals surface area contributed by atoms with Gasteiger partial charge in [0.2, 0.25) is 29.5 Å². The van der Waals surface area contributed by atoms with Gasteiger partial charge in [-0.25, -0.2) is 4.39 Å². The third kappa shape index (κ3) is 25.6. The number of nitrogens with zero attached hydrogens (tertiary/aromatic N) is 8. The summed E-state index contributed by atoms with van der Waals surface area (Å²) in [6.45, 7) is 6.28. The van der Waals surface area contributed by atoms with Crippen molar-refractivity contribution >= 4 is 87.9 Å². The van der Waals surface area contributed by atoms with E-state index < -0.39 is 41.4 Å². The molecule has 1 aromatic heterocycles. The summed E-state index contributed by atoms with van der Waals surface area (Å²) >= 11 is 2.25. The van der Waals surface area contributed by atoms with Crippen molar-refractivity contribution in [3.8, 4) is 11.8 Å². The number of carbonyl (C=O) groups excluding carboxylic acids is 8. The molecule has 5 N–H and O–H groups in total. The summed E-state index contributed by atoms with van der Waals surface area (Å²) in [7, 11) is 0. The largest absolute Gasteiger partial charge is 0.494 e. The zero-order valence-electron chi connectivity index (χ0n) is 51.6. The summed E-state index contributed by atoms with van der Waals surface area (Å²) in [6, 6.07) is 15.2. The number of likely N-dealkylation sites (tertiary alicyclic amines) is 2. The fourth-order valence-corrected chi connectivity index (χ4v) is 11.7. The van der Waals surface area contributed by atoms with Crippen LogP contribution in [0.2, 0.25) is 0 Å². The fourth-order valence-electron chi connectivity index (χ4n) is 11.3. The van der Waals surface area contributed by atoms with Crippen LogP contribution in [0.3, 0.4) is 0 Å². The summed E-state index contributed by atoms with van der Waals surface area (Å²) in [5, 5.41) is 31.1. The van der Waals surface area contributed by atoms with Gasteiger partial charge in [0.25, 0.3) is 18.9 Å². The number of hydrogen-bond donors (Lipinski definition) is 5. The zero-order chi connectivity index (χ0) is 64.7. The number of aliphatic carboxylic acids is 1. The number of nitriles is 1. The number of aryl methyl sites for hydroxylation is 1. The van der Waals surface area contributed by atoms with E-state index in [1.165, 1.54) is 18.0 Å². The van der Waals surface area contributed by atoms with Gasteiger partial charge in [-0.05, 0) is 142 Å². The first-order chi connectivity index (χ1) is 43.4. The van der Waals surface area contributed by atoms with Crippen LogP contribution in [0.15, 0.2) is 54.7 Å². The molecule has 90 heavy (non-hydrogen) atoms. The number of halogens is 2. The smallest absolute Gasteiger partial charge is 0.317 e. The number of hydrogen-bond acceptors (Lipinski definition) is 18. The lowest BCUT2D eigenvalue weighted by Gasteiger charge is -2.33. The number of pyridine rings is 1. The Bertz CT molecular complexity index is 2880. The van der Waals surface area contributed by atoms with Crippen molar-refractivity contribution in [2.24, 2.45) is 5.92 Å². The number of rotatable bonds is 34. The molecule has 3 atom stereocenters. The highest BCUT2D eigenvalue weighted by molar-refractivity contribution is 14.1. The first-order valence-electron chi connectivity index (χ1n) is 31.2. The highest BCUT2D eigenvalue weighted by Crippen LogP contribution is 2.30. The molecule has 6 amide bonds.